The first kappa shape index (κ1) is 14.9. The molecule has 0 heterocycles. The van der Waals surface area contributed by atoms with Crippen LogP contribution in [0, 0.1) is 11.2 Å². The molecule has 0 aliphatic rings. The van der Waals surface area contributed by atoms with E-state index in [0.717, 1.165) is 16.3 Å². The van der Waals surface area contributed by atoms with Gasteiger partial charge in [0.1, 0.15) is 11.7 Å². The number of rotatable bonds is 5. The lowest BCUT2D eigenvalue weighted by Crippen LogP contribution is -2.14. The second kappa shape index (κ2) is 6.77. The molecule has 2 rings (SSSR count). The number of nitrogen functional groups attached to an aromatic ring is 1. The maximum Gasteiger partial charge on any atom is 0.123 e. The summed E-state index contributed by atoms with van der Waals surface area (Å²) in [5, 5.41) is 8.20. The van der Waals surface area contributed by atoms with Crippen LogP contribution < -0.4 is 5.73 Å². The largest absolute Gasteiger partial charge is 0.384 e. The molecule has 0 unspecified atom stereocenters. The number of thioether (sulfide) groups is 1. The van der Waals surface area contributed by atoms with E-state index in [2.05, 4.69) is 0 Å². The molecule has 104 valence electrons. The van der Waals surface area contributed by atoms with E-state index in [-0.39, 0.29) is 11.7 Å². The summed E-state index contributed by atoms with van der Waals surface area (Å²) in [6, 6.07) is 12.1. The third-order valence-electron chi connectivity index (χ3n) is 2.80. The van der Waals surface area contributed by atoms with Crippen molar-refractivity contribution in [1.82, 2.24) is 0 Å². The standard InChI is InChI=1S/C15H14ClFN2S/c16-12-4-1-10(2-5-12)8-20-9-11-3-6-13(17)7-14(11)15(18)19/h1-7H,8-9H2,(H3,18,19). The molecule has 0 aliphatic carbocycles. The van der Waals surface area contributed by atoms with Gasteiger partial charge in [-0.25, -0.2) is 4.39 Å². The summed E-state index contributed by atoms with van der Waals surface area (Å²) in [6.07, 6.45) is 0. The van der Waals surface area contributed by atoms with Crippen LogP contribution in [-0.2, 0) is 11.5 Å². The molecule has 2 aromatic rings. The molecule has 2 nitrogen and oxygen atoms in total. The Morgan fingerprint density at radius 3 is 2.50 bits per heavy atom. The van der Waals surface area contributed by atoms with Crippen molar-refractivity contribution in [3.8, 4) is 0 Å². The van der Waals surface area contributed by atoms with Crippen LogP contribution in [0.25, 0.3) is 0 Å². The predicted molar refractivity (Wildman–Crippen MR) is 83.9 cm³/mol. The minimum absolute atomic E-state index is 0.105. The van der Waals surface area contributed by atoms with Gasteiger partial charge in [0, 0.05) is 22.1 Å². The summed E-state index contributed by atoms with van der Waals surface area (Å²) in [6.45, 7) is 0. The van der Waals surface area contributed by atoms with Gasteiger partial charge in [0.05, 0.1) is 0 Å². The molecule has 0 bridgehead atoms. The van der Waals surface area contributed by atoms with Gasteiger partial charge in [0.25, 0.3) is 0 Å². The van der Waals surface area contributed by atoms with Gasteiger partial charge < -0.3 is 5.73 Å². The van der Waals surface area contributed by atoms with Crippen LogP contribution in [0.15, 0.2) is 42.5 Å². The summed E-state index contributed by atoms with van der Waals surface area (Å²) < 4.78 is 13.2. The van der Waals surface area contributed by atoms with Gasteiger partial charge in [-0.3, -0.25) is 5.41 Å². The third-order valence-corrected chi connectivity index (χ3v) is 4.11. The lowest BCUT2D eigenvalue weighted by molar-refractivity contribution is 0.627. The Morgan fingerprint density at radius 2 is 1.85 bits per heavy atom. The molecule has 2 aromatic carbocycles. The Labute approximate surface area is 126 Å². The second-order valence-corrected chi connectivity index (χ2v) is 5.76. The summed E-state index contributed by atoms with van der Waals surface area (Å²) in [4.78, 5) is 0. The molecule has 3 N–H and O–H groups in total. The van der Waals surface area contributed by atoms with Gasteiger partial charge in [-0.1, -0.05) is 29.8 Å². The smallest absolute Gasteiger partial charge is 0.123 e. The average Bonchev–Trinajstić information content (AvgIpc) is 2.42. The quantitative estimate of drug-likeness (QED) is 0.642. The van der Waals surface area contributed by atoms with E-state index in [1.165, 1.54) is 17.7 Å². The van der Waals surface area contributed by atoms with Gasteiger partial charge in [-0.05, 0) is 35.4 Å². The number of benzene rings is 2. The van der Waals surface area contributed by atoms with Crippen LogP contribution in [0.1, 0.15) is 16.7 Å². The zero-order chi connectivity index (χ0) is 14.5. The third kappa shape index (κ3) is 3.99. The number of nitrogens with two attached hydrogens (primary N) is 1. The van der Waals surface area contributed by atoms with E-state index in [9.17, 15) is 4.39 Å². The average molecular weight is 309 g/mol. The van der Waals surface area contributed by atoms with Gasteiger partial charge in [0.15, 0.2) is 0 Å². The van der Waals surface area contributed by atoms with Crippen molar-refractivity contribution < 1.29 is 4.39 Å². The molecule has 0 saturated carbocycles. The second-order valence-electron chi connectivity index (χ2n) is 4.33. The van der Waals surface area contributed by atoms with Crippen molar-refractivity contribution in [1.29, 1.82) is 5.41 Å². The topological polar surface area (TPSA) is 49.9 Å². The summed E-state index contributed by atoms with van der Waals surface area (Å²) >= 11 is 7.52. The molecule has 0 spiro atoms. The van der Waals surface area contributed by atoms with Crippen LogP contribution in [-0.4, -0.2) is 5.84 Å². The van der Waals surface area contributed by atoms with Crippen LogP contribution in [0.4, 0.5) is 4.39 Å². The number of halogens is 2. The van der Waals surface area contributed by atoms with Crippen LogP contribution >= 0.6 is 23.4 Å². The minimum Gasteiger partial charge on any atom is -0.384 e. The van der Waals surface area contributed by atoms with Gasteiger partial charge in [-0.15, -0.1) is 0 Å². The van der Waals surface area contributed by atoms with Gasteiger partial charge >= 0.3 is 0 Å². The maximum absolute atomic E-state index is 13.2. The van der Waals surface area contributed by atoms with Crippen molar-refractivity contribution in [2.45, 2.75) is 11.5 Å². The monoisotopic (exact) mass is 308 g/mol. The Bertz CT molecular complexity index is 614. The molecule has 0 atom stereocenters. The summed E-state index contributed by atoms with van der Waals surface area (Å²) in [7, 11) is 0. The lowest BCUT2D eigenvalue weighted by atomic mass is 10.1. The summed E-state index contributed by atoms with van der Waals surface area (Å²) in [5.41, 5.74) is 7.99. The highest BCUT2D eigenvalue weighted by atomic mass is 35.5. The van der Waals surface area contributed by atoms with Gasteiger partial charge in [0.2, 0.25) is 0 Å². The van der Waals surface area contributed by atoms with E-state index >= 15 is 0 Å². The minimum atomic E-state index is -0.373. The van der Waals surface area contributed by atoms with Crippen molar-refractivity contribution >= 4 is 29.2 Å². The van der Waals surface area contributed by atoms with E-state index in [1.807, 2.05) is 24.3 Å². The van der Waals surface area contributed by atoms with E-state index in [1.54, 1.807) is 17.8 Å². The molecular weight excluding hydrogens is 295 g/mol. The molecular formula is C15H14ClFN2S. The highest BCUT2D eigenvalue weighted by molar-refractivity contribution is 7.97. The van der Waals surface area contributed by atoms with Crippen LogP contribution in [0.3, 0.4) is 0 Å². The number of amidine groups is 1. The normalized spacial score (nSPS) is 10.5. The van der Waals surface area contributed by atoms with Crippen LogP contribution in [0.5, 0.6) is 0 Å². The Balaban J connectivity index is 2.00. The molecule has 5 heteroatoms. The fraction of sp³-hybridized carbons (Fsp3) is 0.133. The van der Waals surface area contributed by atoms with Crippen molar-refractivity contribution in [3.63, 3.8) is 0 Å². The molecule has 0 amide bonds. The molecule has 0 fully saturated rings. The fourth-order valence-electron chi connectivity index (χ4n) is 1.78. The Kier molecular flexibility index (Phi) is 5.04. The number of nitrogens with one attached hydrogen (secondary N) is 1. The van der Waals surface area contributed by atoms with Crippen molar-refractivity contribution in [2.75, 3.05) is 0 Å². The van der Waals surface area contributed by atoms with Gasteiger partial charge in [-0.2, -0.15) is 11.8 Å². The summed E-state index contributed by atoms with van der Waals surface area (Å²) in [5.74, 6) is 1.03. The lowest BCUT2D eigenvalue weighted by Gasteiger charge is -2.08. The fourth-order valence-corrected chi connectivity index (χ4v) is 2.91. The highest BCUT2D eigenvalue weighted by Gasteiger charge is 2.07. The molecule has 0 aliphatic heterocycles. The number of hydrogen-bond acceptors (Lipinski definition) is 2. The Hall–Kier alpha value is -1.52. The zero-order valence-electron chi connectivity index (χ0n) is 10.7. The van der Waals surface area contributed by atoms with E-state index in [4.69, 9.17) is 22.7 Å². The van der Waals surface area contributed by atoms with Crippen LogP contribution in [0.2, 0.25) is 5.02 Å². The maximum atomic E-state index is 13.2. The van der Waals surface area contributed by atoms with Crippen molar-refractivity contribution in [2.24, 2.45) is 5.73 Å². The highest BCUT2D eigenvalue weighted by Crippen LogP contribution is 2.22. The van der Waals surface area contributed by atoms with E-state index < -0.39 is 0 Å². The molecule has 20 heavy (non-hydrogen) atoms. The first-order valence-electron chi connectivity index (χ1n) is 6.01. The van der Waals surface area contributed by atoms with Crippen molar-refractivity contribution in [3.05, 3.63) is 70.0 Å². The molecule has 0 radical (unpaired) electrons. The SMILES string of the molecule is N=C(N)c1cc(F)ccc1CSCc1ccc(Cl)cc1. The van der Waals surface area contributed by atoms with E-state index in [0.29, 0.717) is 11.3 Å². The first-order valence-corrected chi connectivity index (χ1v) is 7.54. The predicted octanol–water partition coefficient (Wildman–Crippen LogP) is 4.20. The Morgan fingerprint density at radius 1 is 1.15 bits per heavy atom. The molecule has 0 aromatic heterocycles. The number of hydrogen-bond donors (Lipinski definition) is 2. The zero-order valence-corrected chi connectivity index (χ0v) is 12.3. The molecule has 0 saturated heterocycles. The first-order chi connectivity index (χ1) is 9.56.